The van der Waals surface area contributed by atoms with Crippen molar-refractivity contribution in [2.24, 2.45) is 5.73 Å². The fraction of sp³-hybridized carbons (Fsp3) is 0.471. The van der Waals surface area contributed by atoms with Crippen molar-refractivity contribution in [2.45, 2.75) is 31.7 Å². The molecule has 1 aliphatic rings. The molecule has 0 radical (unpaired) electrons. The molecule has 3 rings (SSSR count). The summed E-state index contributed by atoms with van der Waals surface area (Å²) < 4.78 is 0. The number of pyridine rings is 1. The molecule has 0 aliphatic carbocycles. The standard InChI is InChI=1S/C17H23N3/c18-15-9-12-20(13-10-15)11-3-5-16-8-7-14-4-1-2-6-17(14)19-16/h1-2,4,6-8,15H,3,5,9-13,18H2. The Morgan fingerprint density at radius 3 is 2.75 bits per heavy atom. The zero-order chi connectivity index (χ0) is 13.8. The van der Waals surface area contributed by atoms with E-state index < -0.39 is 0 Å². The van der Waals surface area contributed by atoms with E-state index in [0.717, 1.165) is 37.9 Å². The lowest BCUT2D eigenvalue weighted by Gasteiger charge is -2.29. The number of benzene rings is 1. The SMILES string of the molecule is NC1CCN(CCCc2ccc3ccccc3n2)CC1. The van der Waals surface area contributed by atoms with Crippen molar-refractivity contribution >= 4 is 10.9 Å². The van der Waals surface area contributed by atoms with Gasteiger partial charge in [-0.3, -0.25) is 4.98 Å². The Kier molecular flexibility index (Phi) is 4.28. The third-order valence-electron chi connectivity index (χ3n) is 4.20. The minimum Gasteiger partial charge on any atom is -0.328 e. The summed E-state index contributed by atoms with van der Waals surface area (Å²) >= 11 is 0. The van der Waals surface area contributed by atoms with Gasteiger partial charge in [0.1, 0.15) is 0 Å². The molecule has 2 N–H and O–H groups in total. The Balaban J connectivity index is 1.52. The molecule has 0 bridgehead atoms. The Morgan fingerprint density at radius 1 is 1.10 bits per heavy atom. The van der Waals surface area contributed by atoms with E-state index in [0.29, 0.717) is 6.04 Å². The van der Waals surface area contributed by atoms with E-state index in [1.54, 1.807) is 0 Å². The van der Waals surface area contributed by atoms with E-state index >= 15 is 0 Å². The normalized spacial score (nSPS) is 17.6. The van der Waals surface area contributed by atoms with Gasteiger partial charge < -0.3 is 10.6 Å². The van der Waals surface area contributed by atoms with Gasteiger partial charge in [-0.2, -0.15) is 0 Å². The predicted molar refractivity (Wildman–Crippen MR) is 83.7 cm³/mol. The highest BCUT2D eigenvalue weighted by molar-refractivity contribution is 5.78. The number of para-hydroxylation sites is 1. The van der Waals surface area contributed by atoms with Gasteiger partial charge in [0.15, 0.2) is 0 Å². The fourth-order valence-corrected chi connectivity index (χ4v) is 2.91. The largest absolute Gasteiger partial charge is 0.328 e. The summed E-state index contributed by atoms with van der Waals surface area (Å²) in [5.74, 6) is 0. The van der Waals surface area contributed by atoms with Crippen LogP contribution in [0.2, 0.25) is 0 Å². The summed E-state index contributed by atoms with van der Waals surface area (Å²) in [5.41, 5.74) is 8.24. The van der Waals surface area contributed by atoms with Crippen LogP contribution in [0.3, 0.4) is 0 Å². The first-order valence-electron chi connectivity index (χ1n) is 7.64. The van der Waals surface area contributed by atoms with Crippen molar-refractivity contribution in [2.75, 3.05) is 19.6 Å². The highest BCUT2D eigenvalue weighted by Crippen LogP contribution is 2.13. The van der Waals surface area contributed by atoms with Crippen molar-refractivity contribution in [1.29, 1.82) is 0 Å². The number of nitrogens with zero attached hydrogens (tertiary/aromatic N) is 2. The number of aromatic nitrogens is 1. The lowest BCUT2D eigenvalue weighted by atomic mass is 10.1. The second-order valence-corrected chi connectivity index (χ2v) is 5.78. The van der Waals surface area contributed by atoms with Gasteiger partial charge in [0.2, 0.25) is 0 Å². The van der Waals surface area contributed by atoms with Crippen LogP contribution in [0.1, 0.15) is 25.0 Å². The molecule has 0 atom stereocenters. The quantitative estimate of drug-likeness (QED) is 0.927. The van der Waals surface area contributed by atoms with E-state index in [1.807, 2.05) is 0 Å². The monoisotopic (exact) mass is 269 g/mol. The first-order chi connectivity index (χ1) is 9.81. The van der Waals surface area contributed by atoms with E-state index in [-0.39, 0.29) is 0 Å². The number of piperidine rings is 1. The van der Waals surface area contributed by atoms with Crippen LogP contribution in [0.15, 0.2) is 36.4 Å². The highest BCUT2D eigenvalue weighted by Gasteiger charge is 2.15. The van der Waals surface area contributed by atoms with E-state index in [9.17, 15) is 0 Å². The van der Waals surface area contributed by atoms with Crippen molar-refractivity contribution in [3.05, 3.63) is 42.1 Å². The van der Waals surface area contributed by atoms with Gasteiger partial charge >= 0.3 is 0 Å². The van der Waals surface area contributed by atoms with Crippen LogP contribution in [-0.2, 0) is 6.42 Å². The molecule has 3 nitrogen and oxygen atoms in total. The molecular weight excluding hydrogens is 246 g/mol. The second kappa shape index (κ2) is 6.33. The molecule has 0 amide bonds. The summed E-state index contributed by atoms with van der Waals surface area (Å²) in [7, 11) is 0. The highest BCUT2D eigenvalue weighted by atomic mass is 15.1. The Bertz CT molecular complexity index is 559. The maximum Gasteiger partial charge on any atom is 0.0705 e. The number of aryl methyl sites for hydroxylation is 1. The number of fused-ring (bicyclic) bond motifs is 1. The Hall–Kier alpha value is -1.45. The molecule has 106 valence electrons. The van der Waals surface area contributed by atoms with Crippen LogP contribution in [-0.4, -0.2) is 35.6 Å². The molecule has 1 aromatic carbocycles. The van der Waals surface area contributed by atoms with E-state index in [1.165, 1.54) is 24.0 Å². The molecule has 20 heavy (non-hydrogen) atoms. The van der Waals surface area contributed by atoms with Gasteiger partial charge in [-0.15, -0.1) is 0 Å². The third-order valence-corrected chi connectivity index (χ3v) is 4.20. The van der Waals surface area contributed by atoms with Crippen LogP contribution in [0.25, 0.3) is 10.9 Å². The Labute approximate surface area is 120 Å². The average Bonchev–Trinajstić information content (AvgIpc) is 2.49. The number of likely N-dealkylation sites (tertiary alicyclic amines) is 1. The maximum absolute atomic E-state index is 5.93. The van der Waals surface area contributed by atoms with Gasteiger partial charge in [0.05, 0.1) is 5.52 Å². The zero-order valence-electron chi connectivity index (χ0n) is 12.0. The molecule has 0 unspecified atom stereocenters. The molecule has 1 saturated heterocycles. The Morgan fingerprint density at radius 2 is 1.90 bits per heavy atom. The lowest BCUT2D eigenvalue weighted by Crippen LogP contribution is -2.40. The second-order valence-electron chi connectivity index (χ2n) is 5.78. The molecule has 3 heteroatoms. The van der Waals surface area contributed by atoms with Crippen LogP contribution in [0.4, 0.5) is 0 Å². The summed E-state index contributed by atoms with van der Waals surface area (Å²) in [6.07, 6.45) is 4.54. The molecule has 0 saturated carbocycles. The molecule has 1 fully saturated rings. The van der Waals surface area contributed by atoms with Crippen molar-refractivity contribution < 1.29 is 0 Å². The number of nitrogens with two attached hydrogens (primary N) is 1. The first-order valence-corrected chi connectivity index (χ1v) is 7.64. The summed E-state index contributed by atoms with van der Waals surface area (Å²) in [6.45, 7) is 3.49. The van der Waals surface area contributed by atoms with Gasteiger partial charge in [0.25, 0.3) is 0 Å². The van der Waals surface area contributed by atoms with Gasteiger partial charge in [-0.05, 0) is 57.5 Å². The molecular formula is C17H23N3. The zero-order valence-corrected chi connectivity index (χ0v) is 12.0. The third kappa shape index (κ3) is 3.35. The lowest BCUT2D eigenvalue weighted by molar-refractivity contribution is 0.211. The summed E-state index contributed by atoms with van der Waals surface area (Å²) in [4.78, 5) is 7.26. The van der Waals surface area contributed by atoms with Crippen molar-refractivity contribution in [3.8, 4) is 0 Å². The number of rotatable bonds is 4. The predicted octanol–water partition coefficient (Wildman–Crippen LogP) is 2.59. The summed E-state index contributed by atoms with van der Waals surface area (Å²) in [6, 6.07) is 13.1. The van der Waals surface area contributed by atoms with Crippen molar-refractivity contribution in [1.82, 2.24) is 9.88 Å². The van der Waals surface area contributed by atoms with Crippen LogP contribution < -0.4 is 5.73 Å². The molecule has 0 spiro atoms. The van der Waals surface area contributed by atoms with Crippen molar-refractivity contribution in [3.63, 3.8) is 0 Å². The summed E-state index contributed by atoms with van der Waals surface area (Å²) in [5, 5.41) is 1.22. The van der Waals surface area contributed by atoms with E-state index in [2.05, 4.69) is 41.3 Å². The first kappa shape index (κ1) is 13.5. The smallest absolute Gasteiger partial charge is 0.0705 e. The molecule has 1 aromatic heterocycles. The molecule has 2 aromatic rings. The number of hydrogen-bond donors (Lipinski definition) is 1. The minimum absolute atomic E-state index is 0.424. The molecule has 1 aliphatic heterocycles. The van der Waals surface area contributed by atoms with Gasteiger partial charge in [-0.1, -0.05) is 24.3 Å². The fourth-order valence-electron chi connectivity index (χ4n) is 2.91. The van der Waals surface area contributed by atoms with Crippen LogP contribution in [0, 0.1) is 0 Å². The average molecular weight is 269 g/mol. The van der Waals surface area contributed by atoms with Gasteiger partial charge in [0, 0.05) is 17.1 Å². The van der Waals surface area contributed by atoms with E-state index in [4.69, 9.17) is 10.7 Å². The number of hydrogen-bond acceptors (Lipinski definition) is 3. The minimum atomic E-state index is 0.424. The maximum atomic E-state index is 5.93. The van der Waals surface area contributed by atoms with Gasteiger partial charge in [-0.25, -0.2) is 0 Å². The van der Waals surface area contributed by atoms with Crippen LogP contribution >= 0.6 is 0 Å². The topological polar surface area (TPSA) is 42.1 Å². The molecule has 2 heterocycles. The van der Waals surface area contributed by atoms with Crippen LogP contribution in [0.5, 0.6) is 0 Å².